The van der Waals surface area contributed by atoms with Gasteiger partial charge < -0.3 is 0 Å². The van der Waals surface area contributed by atoms with Crippen LogP contribution in [-0.2, 0) is 9.84 Å². The van der Waals surface area contributed by atoms with E-state index in [1.807, 2.05) is 0 Å². The second kappa shape index (κ2) is 4.42. The predicted octanol–water partition coefficient (Wildman–Crippen LogP) is 2.60. The standard InChI is InChI=1S/C8H13BrO2S/c9-7-12(10,11)6-8-4-2-1-3-5-8/h6H,1-5,7H2. The van der Waals surface area contributed by atoms with Gasteiger partial charge in [-0.05, 0) is 25.7 Å². The van der Waals surface area contributed by atoms with Crippen molar-refractivity contribution in [1.82, 2.24) is 0 Å². The summed E-state index contributed by atoms with van der Waals surface area (Å²) in [6, 6.07) is 0. The Bertz CT molecular complexity index is 259. The van der Waals surface area contributed by atoms with Crippen LogP contribution in [0, 0.1) is 0 Å². The third kappa shape index (κ3) is 3.27. The van der Waals surface area contributed by atoms with Crippen molar-refractivity contribution in [3.8, 4) is 0 Å². The Morgan fingerprint density at radius 2 is 1.83 bits per heavy atom. The van der Waals surface area contributed by atoms with Crippen LogP contribution in [-0.4, -0.2) is 13.1 Å². The van der Waals surface area contributed by atoms with Crippen LogP contribution in [0.4, 0.5) is 0 Å². The van der Waals surface area contributed by atoms with Crippen molar-refractivity contribution >= 4 is 25.8 Å². The van der Waals surface area contributed by atoms with Gasteiger partial charge in [0.1, 0.15) is 4.66 Å². The zero-order valence-corrected chi connectivity index (χ0v) is 9.33. The number of halogens is 1. The smallest absolute Gasteiger partial charge is 0.181 e. The van der Waals surface area contributed by atoms with Crippen LogP contribution in [0.3, 0.4) is 0 Å². The normalized spacial score (nSPS) is 19.2. The lowest BCUT2D eigenvalue weighted by atomic mass is 9.96. The summed E-state index contributed by atoms with van der Waals surface area (Å²) in [6.07, 6.45) is 5.46. The summed E-state index contributed by atoms with van der Waals surface area (Å²) < 4.78 is 22.3. The molecule has 4 heteroatoms. The Kier molecular flexibility index (Phi) is 3.77. The van der Waals surface area contributed by atoms with E-state index in [4.69, 9.17) is 0 Å². The van der Waals surface area contributed by atoms with E-state index in [0.29, 0.717) is 0 Å². The molecule has 1 rings (SSSR count). The highest BCUT2D eigenvalue weighted by molar-refractivity contribution is 9.10. The maximum Gasteiger partial charge on any atom is 0.181 e. The Labute approximate surface area is 82.1 Å². The molecular formula is C8H13BrO2S. The van der Waals surface area contributed by atoms with Gasteiger partial charge in [-0.3, -0.25) is 0 Å². The molecular weight excluding hydrogens is 240 g/mol. The Morgan fingerprint density at radius 1 is 1.25 bits per heavy atom. The monoisotopic (exact) mass is 252 g/mol. The molecule has 1 aliphatic rings. The van der Waals surface area contributed by atoms with E-state index in [9.17, 15) is 8.42 Å². The molecule has 0 heterocycles. The van der Waals surface area contributed by atoms with E-state index < -0.39 is 9.84 Å². The van der Waals surface area contributed by atoms with Gasteiger partial charge in [0.25, 0.3) is 0 Å². The molecule has 0 aromatic heterocycles. The molecule has 2 nitrogen and oxygen atoms in total. The minimum Gasteiger partial charge on any atom is -0.223 e. The van der Waals surface area contributed by atoms with Crippen molar-refractivity contribution in [2.24, 2.45) is 0 Å². The summed E-state index contributed by atoms with van der Waals surface area (Å²) >= 11 is 2.97. The van der Waals surface area contributed by atoms with Crippen molar-refractivity contribution < 1.29 is 8.42 Å². The van der Waals surface area contributed by atoms with Gasteiger partial charge in [-0.25, -0.2) is 8.42 Å². The first kappa shape index (κ1) is 10.3. The zero-order valence-electron chi connectivity index (χ0n) is 6.92. The van der Waals surface area contributed by atoms with Crippen LogP contribution in [0.1, 0.15) is 32.1 Å². The van der Waals surface area contributed by atoms with E-state index in [-0.39, 0.29) is 4.66 Å². The Morgan fingerprint density at radius 3 is 2.33 bits per heavy atom. The number of rotatable bonds is 2. The van der Waals surface area contributed by atoms with Gasteiger partial charge >= 0.3 is 0 Å². The molecule has 70 valence electrons. The minimum atomic E-state index is -2.96. The molecule has 1 saturated carbocycles. The highest BCUT2D eigenvalue weighted by Gasteiger charge is 2.10. The van der Waals surface area contributed by atoms with Gasteiger partial charge in [-0.15, -0.1) is 0 Å². The summed E-state index contributed by atoms with van der Waals surface area (Å²) in [5.74, 6) is 0. The second-order valence-corrected chi connectivity index (χ2v) is 6.26. The van der Waals surface area contributed by atoms with Crippen LogP contribution in [0.5, 0.6) is 0 Å². The summed E-state index contributed by atoms with van der Waals surface area (Å²) in [7, 11) is -2.96. The molecule has 0 N–H and O–H groups in total. The van der Waals surface area contributed by atoms with Gasteiger partial charge in [0.2, 0.25) is 0 Å². The maximum absolute atomic E-state index is 11.1. The number of sulfone groups is 1. The van der Waals surface area contributed by atoms with Crippen LogP contribution in [0.25, 0.3) is 0 Å². The Hall–Kier alpha value is 0.170. The fourth-order valence-corrected chi connectivity index (χ4v) is 2.61. The molecule has 0 saturated heterocycles. The summed E-state index contributed by atoms with van der Waals surface area (Å²) in [6.45, 7) is 0. The van der Waals surface area contributed by atoms with Crippen molar-refractivity contribution in [3.05, 3.63) is 11.0 Å². The summed E-state index contributed by atoms with van der Waals surface area (Å²) in [5, 5.41) is 1.45. The molecule has 0 amide bonds. The topological polar surface area (TPSA) is 34.1 Å². The van der Waals surface area contributed by atoms with Crippen molar-refractivity contribution in [3.63, 3.8) is 0 Å². The van der Waals surface area contributed by atoms with Crippen molar-refractivity contribution in [2.45, 2.75) is 32.1 Å². The average Bonchev–Trinajstić information content (AvgIpc) is 2.06. The Balaban J connectivity index is 2.67. The van der Waals surface area contributed by atoms with E-state index in [1.165, 1.54) is 11.8 Å². The van der Waals surface area contributed by atoms with Crippen LogP contribution >= 0.6 is 15.9 Å². The van der Waals surface area contributed by atoms with Gasteiger partial charge in [0.05, 0.1) is 0 Å². The van der Waals surface area contributed by atoms with Gasteiger partial charge in [0.15, 0.2) is 9.84 Å². The molecule has 0 radical (unpaired) electrons. The van der Waals surface area contributed by atoms with Crippen molar-refractivity contribution in [1.29, 1.82) is 0 Å². The van der Waals surface area contributed by atoms with E-state index in [0.717, 1.165) is 31.3 Å². The highest BCUT2D eigenvalue weighted by atomic mass is 79.9. The zero-order chi connectivity index (χ0) is 9.03. The molecule has 0 spiro atoms. The van der Waals surface area contributed by atoms with Gasteiger partial charge in [-0.2, -0.15) is 0 Å². The fourth-order valence-electron chi connectivity index (χ4n) is 1.41. The first-order valence-corrected chi connectivity index (χ1v) is 6.96. The molecule has 12 heavy (non-hydrogen) atoms. The van der Waals surface area contributed by atoms with Crippen LogP contribution < -0.4 is 0 Å². The molecule has 0 aromatic carbocycles. The third-order valence-electron chi connectivity index (χ3n) is 1.99. The molecule has 0 aromatic rings. The lowest BCUT2D eigenvalue weighted by Gasteiger charge is -2.12. The molecule has 1 fully saturated rings. The minimum absolute atomic E-state index is 0.0451. The SMILES string of the molecule is O=S(=O)(C=C1CCCCC1)CBr. The van der Waals surface area contributed by atoms with Crippen molar-refractivity contribution in [2.75, 3.05) is 4.66 Å². The number of hydrogen-bond acceptors (Lipinski definition) is 2. The lowest BCUT2D eigenvalue weighted by Crippen LogP contribution is -2.00. The number of hydrogen-bond donors (Lipinski definition) is 0. The molecule has 0 bridgehead atoms. The summed E-state index contributed by atoms with van der Waals surface area (Å²) in [4.78, 5) is 0. The lowest BCUT2D eigenvalue weighted by molar-refractivity contribution is 0.593. The molecule has 1 aliphatic carbocycles. The second-order valence-electron chi connectivity index (χ2n) is 3.11. The number of allylic oxidation sites excluding steroid dienone is 1. The maximum atomic E-state index is 11.1. The molecule has 0 aliphatic heterocycles. The molecule has 0 atom stereocenters. The first-order valence-electron chi connectivity index (χ1n) is 4.12. The van der Waals surface area contributed by atoms with Gasteiger partial charge in [0, 0.05) is 5.41 Å². The van der Waals surface area contributed by atoms with E-state index >= 15 is 0 Å². The quantitative estimate of drug-likeness (QED) is 0.709. The fraction of sp³-hybridized carbons (Fsp3) is 0.750. The third-order valence-corrected chi connectivity index (χ3v) is 4.91. The summed E-state index contributed by atoms with van der Waals surface area (Å²) in [5.41, 5.74) is 1.10. The van der Waals surface area contributed by atoms with Gasteiger partial charge in [-0.1, -0.05) is 27.9 Å². The largest absolute Gasteiger partial charge is 0.223 e. The highest BCUT2D eigenvalue weighted by Crippen LogP contribution is 2.23. The average molecular weight is 253 g/mol. The van der Waals surface area contributed by atoms with Crippen LogP contribution in [0.2, 0.25) is 0 Å². The predicted molar refractivity (Wildman–Crippen MR) is 53.9 cm³/mol. The molecule has 0 unspecified atom stereocenters. The van der Waals surface area contributed by atoms with E-state index in [1.54, 1.807) is 0 Å². The first-order chi connectivity index (χ1) is 5.64. The van der Waals surface area contributed by atoms with E-state index in [2.05, 4.69) is 15.9 Å². The van der Waals surface area contributed by atoms with Crippen LogP contribution in [0.15, 0.2) is 11.0 Å². The number of alkyl halides is 1.